The van der Waals surface area contributed by atoms with Crippen molar-refractivity contribution in [1.29, 1.82) is 0 Å². The molecule has 7 aromatic carbocycles. The molecule has 0 bridgehead atoms. The van der Waals surface area contributed by atoms with Crippen molar-refractivity contribution in [2.75, 3.05) is 4.90 Å². The van der Waals surface area contributed by atoms with E-state index in [1.807, 2.05) is 42.5 Å². The van der Waals surface area contributed by atoms with Gasteiger partial charge in [0.1, 0.15) is 6.04 Å². The van der Waals surface area contributed by atoms with Crippen LogP contribution in [0, 0.1) is 0 Å². The lowest BCUT2D eigenvalue weighted by molar-refractivity contribution is -0.167. The lowest BCUT2D eigenvalue weighted by Crippen LogP contribution is -2.33. The summed E-state index contributed by atoms with van der Waals surface area (Å²) >= 11 is 0. The van der Waals surface area contributed by atoms with Gasteiger partial charge in [-0.15, -0.1) is 0 Å². The molecule has 0 saturated heterocycles. The normalized spacial score (nSPS) is 17.5. The zero-order valence-corrected chi connectivity index (χ0v) is 30.9. The summed E-state index contributed by atoms with van der Waals surface area (Å²) in [5.41, 5.74) is 10.6. The number of fused-ring (bicyclic) bond motifs is 4. The van der Waals surface area contributed by atoms with Gasteiger partial charge in [0, 0.05) is 16.2 Å². The fraction of sp³-hybridized carbons (Fsp3) is 0.208. The highest BCUT2D eigenvalue weighted by Crippen LogP contribution is 2.53. The number of allylic oxidation sites excluding steroid dienone is 2. The minimum absolute atomic E-state index is 0.0307. The SMILES string of the molecule is CC(C)c1cc(-n2c3ccccc3ooc3ccccc32)c2cc3c4c(cc(N5c6ccccc6OOC6=CC=CCC65)c5ccc1c2c54)CCC3(C)C. The second kappa shape index (κ2) is 11.4. The van der Waals surface area contributed by atoms with E-state index in [1.165, 1.54) is 54.7 Å². The maximum atomic E-state index is 6.06. The van der Waals surface area contributed by atoms with E-state index in [9.17, 15) is 0 Å². The molecular weight excluding hydrogens is 669 g/mol. The minimum atomic E-state index is -0.0595. The van der Waals surface area contributed by atoms with Gasteiger partial charge in [0.2, 0.25) is 16.9 Å². The van der Waals surface area contributed by atoms with Crippen molar-refractivity contribution in [2.24, 2.45) is 0 Å². The van der Waals surface area contributed by atoms with Crippen molar-refractivity contribution in [3.05, 3.63) is 144 Å². The number of nitrogens with zero attached hydrogens (tertiary/aromatic N) is 2. The largest absolute Gasteiger partial charge is 0.326 e. The first kappa shape index (κ1) is 31.4. The smallest absolute Gasteiger partial charge is 0.202 e. The molecule has 11 rings (SSSR count). The molecule has 0 spiro atoms. The molecule has 54 heavy (non-hydrogen) atoms. The number of rotatable bonds is 3. The van der Waals surface area contributed by atoms with Gasteiger partial charge >= 0.3 is 0 Å². The summed E-state index contributed by atoms with van der Waals surface area (Å²) in [7, 11) is 0. The predicted octanol–water partition coefficient (Wildman–Crippen LogP) is 13.0. The van der Waals surface area contributed by atoms with Crippen LogP contribution >= 0.6 is 0 Å². The van der Waals surface area contributed by atoms with Crippen molar-refractivity contribution in [1.82, 2.24) is 4.57 Å². The monoisotopic (exact) mass is 708 g/mol. The molecule has 1 unspecified atom stereocenters. The van der Waals surface area contributed by atoms with Crippen LogP contribution in [0.1, 0.15) is 63.1 Å². The van der Waals surface area contributed by atoms with Gasteiger partial charge in [-0.1, -0.05) is 88.4 Å². The lowest BCUT2D eigenvalue weighted by atomic mass is 9.70. The van der Waals surface area contributed by atoms with Crippen LogP contribution in [-0.4, -0.2) is 10.6 Å². The van der Waals surface area contributed by atoms with E-state index in [-0.39, 0.29) is 17.4 Å². The predicted molar refractivity (Wildman–Crippen MR) is 218 cm³/mol. The Morgan fingerprint density at radius 2 is 1.41 bits per heavy atom. The second-order valence-electron chi connectivity index (χ2n) is 16.0. The molecule has 0 fully saturated rings. The first-order chi connectivity index (χ1) is 26.4. The summed E-state index contributed by atoms with van der Waals surface area (Å²) in [6.07, 6.45) is 9.19. The third kappa shape index (κ3) is 4.40. The molecular formula is C48H40N2O4. The van der Waals surface area contributed by atoms with Crippen LogP contribution < -0.4 is 9.79 Å². The van der Waals surface area contributed by atoms with E-state index in [2.05, 4.69) is 116 Å². The summed E-state index contributed by atoms with van der Waals surface area (Å²) < 4.78 is 14.4. The standard InChI is InChI=1S/C48H40N2O4/c1-28(2)32-27-40(50-37-15-7-11-19-43(37)53-54-44-20-12-8-16-38(44)50)33-26-34-45-29(23-24-48(34,3)4)25-39(31-22-21-30(32)46(33)47(31)45)49-35-13-5-9-17-41(35)51-52-42-18-10-6-14-36(42)49/h5-13,15-22,25-28,36H,14,23-24H2,1-4H3. The van der Waals surface area contributed by atoms with E-state index >= 15 is 0 Å². The summed E-state index contributed by atoms with van der Waals surface area (Å²) in [5, 5.41) is 7.76. The van der Waals surface area contributed by atoms with Crippen molar-refractivity contribution in [3.8, 4) is 11.4 Å². The number of para-hydroxylation sites is 6. The van der Waals surface area contributed by atoms with E-state index < -0.39 is 0 Å². The number of aryl methyl sites for hydroxylation is 1. The van der Waals surface area contributed by atoms with E-state index in [4.69, 9.17) is 18.9 Å². The molecule has 8 aromatic rings. The third-order valence-corrected chi connectivity index (χ3v) is 12.1. The fourth-order valence-corrected chi connectivity index (χ4v) is 9.45. The third-order valence-electron chi connectivity index (χ3n) is 12.1. The minimum Gasteiger partial charge on any atom is -0.326 e. The molecule has 1 aromatic heterocycles. The Morgan fingerprint density at radius 1 is 0.685 bits per heavy atom. The van der Waals surface area contributed by atoms with Crippen LogP contribution in [0.5, 0.6) is 5.75 Å². The molecule has 0 N–H and O–H groups in total. The van der Waals surface area contributed by atoms with Crippen molar-refractivity contribution >= 4 is 65.9 Å². The maximum Gasteiger partial charge on any atom is 0.202 e. The van der Waals surface area contributed by atoms with Crippen LogP contribution in [-0.2, 0) is 16.7 Å². The van der Waals surface area contributed by atoms with Gasteiger partial charge in [0.25, 0.3) is 0 Å². The van der Waals surface area contributed by atoms with Crippen LogP contribution in [0.4, 0.5) is 11.4 Å². The van der Waals surface area contributed by atoms with Gasteiger partial charge in [-0.3, -0.25) is 18.9 Å². The molecule has 2 aliphatic carbocycles. The molecule has 0 amide bonds. The summed E-state index contributed by atoms with van der Waals surface area (Å²) in [5.74, 6) is 1.79. The average molecular weight is 709 g/mol. The second-order valence-corrected chi connectivity index (χ2v) is 16.0. The number of anilines is 2. The van der Waals surface area contributed by atoms with Gasteiger partial charge in [-0.05, 0) is 124 Å². The number of benzene rings is 7. The molecule has 6 nitrogen and oxygen atoms in total. The highest BCUT2D eigenvalue weighted by atomic mass is 17.2. The van der Waals surface area contributed by atoms with Crippen molar-refractivity contribution in [3.63, 3.8) is 0 Å². The lowest BCUT2D eigenvalue weighted by Gasteiger charge is -2.37. The highest BCUT2D eigenvalue weighted by molar-refractivity contribution is 6.29. The quantitative estimate of drug-likeness (QED) is 0.135. The number of hydrogen-bond acceptors (Lipinski definition) is 5. The van der Waals surface area contributed by atoms with E-state index in [1.54, 1.807) is 0 Å². The zero-order chi connectivity index (χ0) is 36.3. The number of hydrogen-bond donors (Lipinski definition) is 0. The van der Waals surface area contributed by atoms with Crippen LogP contribution in [0.15, 0.2) is 136 Å². The maximum absolute atomic E-state index is 6.06. The highest BCUT2D eigenvalue weighted by Gasteiger charge is 2.37. The van der Waals surface area contributed by atoms with Crippen molar-refractivity contribution < 1.29 is 18.9 Å². The van der Waals surface area contributed by atoms with E-state index in [0.29, 0.717) is 16.9 Å². The molecule has 0 saturated carbocycles. The van der Waals surface area contributed by atoms with Gasteiger partial charge < -0.3 is 9.47 Å². The first-order valence-corrected chi connectivity index (χ1v) is 19.1. The van der Waals surface area contributed by atoms with Gasteiger partial charge in [0.05, 0.1) is 28.1 Å². The first-order valence-electron chi connectivity index (χ1n) is 19.1. The molecule has 2 heterocycles. The van der Waals surface area contributed by atoms with Gasteiger partial charge in [-0.25, -0.2) is 0 Å². The molecule has 3 aliphatic rings. The summed E-state index contributed by atoms with van der Waals surface area (Å²) in [6, 6.07) is 36.7. The fourth-order valence-electron chi connectivity index (χ4n) is 9.45. The van der Waals surface area contributed by atoms with E-state index in [0.717, 1.165) is 47.4 Å². The van der Waals surface area contributed by atoms with Crippen LogP contribution in [0.2, 0.25) is 0 Å². The Morgan fingerprint density at radius 3 is 2.19 bits per heavy atom. The summed E-state index contributed by atoms with van der Waals surface area (Å²) in [6.45, 7) is 9.44. The topological polar surface area (TPSA) is 52.9 Å². The molecule has 1 aliphatic heterocycles. The Bertz CT molecular complexity index is 2890. The average Bonchev–Trinajstić information content (AvgIpc) is 3.47. The number of aromatic nitrogens is 1. The van der Waals surface area contributed by atoms with Crippen LogP contribution in [0.3, 0.4) is 0 Å². The molecule has 6 heteroatoms. The molecule has 0 radical (unpaired) electrons. The van der Waals surface area contributed by atoms with Gasteiger partial charge in [-0.2, -0.15) is 0 Å². The molecule has 1 atom stereocenters. The molecule has 266 valence electrons. The van der Waals surface area contributed by atoms with Crippen molar-refractivity contribution in [2.45, 2.75) is 64.3 Å². The Hall–Kier alpha value is -6.14. The summed E-state index contributed by atoms with van der Waals surface area (Å²) in [4.78, 5) is 14.6. The van der Waals surface area contributed by atoms with Gasteiger partial charge in [0.15, 0.2) is 5.76 Å². The Labute approximate surface area is 313 Å². The zero-order valence-electron chi connectivity index (χ0n) is 30.9. The van der Waals surface area contributed by atoms with Crippen LogP contribution in [0.25, 0.3) is 60.2 Å². The Balaban J connectivity index is 1.34. The Kier molecular flexibility index (Phi) is 6.64.